The van der Waals surface area contributed by atoms with E-state index in [0.29, 0.717) is 12.3 Å². The van der Waals surface area contributed by atoms with Crippen molar-refractivity contribution < 1.29 is 27.6 Å². The molecule has 4 aliphatic rings. The number of Topliss-reactive ketones (excluding diaryl/α,β-unsaturated/α-hetero) is 1. The van der Waals surface area contributed by atoms with E-state index in [1.54, 1.807) is 0 Å². The molecular weight excluding hydrogens is 262 g/mol. The van der Waals surface area contributed by atoms with Crippen LogP contribution in [0.3, 0.4) is 0 Å². The van der Waals surface area contributed by atoms with Crippen molar-refractivity contribution in [2.24, 2.45) is 23.2 Å². The molecule has 0 heterocycles. The molecule has 4 heteroatoms. The van der Waals surface area contributed by atoms with Crippen LogP contribution in [-0.4, -0.2) is 30.1 Å². The van der Waals surface area contributed by atoms with Crippen LogP contribution in [-0.2, 0) is 4.79 Å². The third-order valence-electron chi connectivity index (χ3n) is 5.62. The molecule has 0 spiro atoms. The van der Waals surface area contributed by atoms with Gasteiger partial charge in [0.15, 0.2) is 5.78 Å². The topological polar surface area (TPSA) is 53.9 Å². The standard InChI is InChI=1S/C15H25NO2.ClH/c1-10(16-2-3-17)14(18)15-7-11-4-12(8-15)6-13(5-11)9-15;/h10-13,16-17H,2-9H2,1H3;1H. The van der Waals surface area contributed by atoms with Crippen LogP contribution in [0.5, 0.6) is 0 Å². The summed E-state index contributed by atoms with van der Waals surface area (Å²) >= 11 is 0. The molecule has 0 saturated heterocycles. The van der Waals surface area contributed by atoms with Gasteiger partial charge in [0, 0.05) is 5.41 Å². The van der Waals surface area contributed by atoms with Gasteiger partial charge in [0.25, 0.3) is 0 Å². The van der Waals surface area contributed by atoms with Crippen LogP contribution in [0.25, 0.3) is 0 Å². The summed E-state index contributed by atoms with van der Waals surface area (Å²) in [4.78, 5) is 12.8. The summed E-state index contributed by atoms with van der Waals surface area (Å²) in [5.74, 6) is 3.00. The Morgan fingerprint density at radius 1 is 1.21 bits per heavy atom. The van der Waals surface area contributed by atoms with Crippen molar-refractivity contribution >= 4 is 5.78 Å². The number of hydrogen-bond acceptors (Lipinski definition) is 2. The van der Waals surface area contributed by atoms with Crippen LogP contribution in [0.15, 0.2) is 0 Å². The minimum absolute atomic E-state index is 0. The Morgan fingerprint density at radius 2 is 1.68 bits per heavy atom. The first-order chi connectivity index (χ1) is 8.63. The van der Waals surface area contributed by atoms with Crippen molar-refractivity contribution in [3.8, 4) is 0 Å². The second-order valence-corrected chi connectivity index (χ2v) is 7.10. The molecule has 0 amide bonds. The lowest BCUT2D eigenvalue weighted by Gasteiger charge is -2.56. The molecule has 4 bridgehead atoms. The van der Waals surface area contributed by atoms with Gasteiger partial charge in [-0.05, 0) is 63.2 Å². The Balaban J connectivity index is 0.00000133. The normalized spacial score (nSPS) is 40.8. The Hall–Kier alpha value is -0.120. The van der Waals surface area contributed by atoms with Gasteiger partial charge < -0.3 is 22.8 Å². The highest BCUT2D eigenvalue weighted by Gasteiger charge is 2.55. The molecule has 0 aromatic carbocycles. The van der Waals surface area contributed by atoms with Crippen LogP contribution >= 0.6 is 0 Å². The highest BCUT2D eigenvalue weighted by Crippen LogP contribution is 2.60. The Labute approximate surface area is 121 Å². The van der Waals surface area contributed by atoms with E-state index in [0.717, 1.165) is 37.0 Å². The predicted molar refractivity (Wildman–Crippen MR) is 69.0 cm³/mol. The first-order valence-electron chi connectivity index (χ1n) is 7.61. The van der Waals surface area contributed by atoms with Crippen molar-refractivity contribution in [2.45, 2.75) is 51.5 Å². The van der Waals surface area contributed by atoms with Gasteiger partial charge in [0.1, 0.15) is 6.04 Å². The minimum Gasteiger partial charge on any atom is -1.00 e. The maximum Gasteiger partial charge on any atom is 0.195 e. The molecule has 4 saturated carbocycles. The zero-order chi connectivity index (χ0) is 12.8. The molecule has 1 unspecified atom stereocenters. The van der Waals surface area contributed by atoms with Gasteiger partial charge in [-0.25, -0.2) is 0 Å². The Morgan fingerprint density at radius 3 is 2.11 bits per heavy atom. The average molecular weight is 288 g/mol. The van der Waals surface area contributed by atoms with Gasteiger partial charge in [0.2, 0.25) is 0 Å². The van der Waals surface area contributed by atoms with E-state index in [2.05, 4.69) is 0 Å². The van der Waals surface area contributed by atoms with Gasteiger partial charge >= 0.3 is 0 Å². The monoisotopic (exact) mass is 287 g/mol. The molecular formula is C15H26ClNO2. The van der Waals surface area contributed by atoms with Gasteiger partial charge in [-0.2, -0.15) is 0 Å². The van der Waals surface area contributed by atoms with Gasteiger partial charge in [-0.15, -0.1) is 0 Å². The number of quaternary nitrogens is 1. The molecule has 0 aliphatic heterocycles. The molecule has 4 fully saturated rings. The van der Waals surface area contributed by atoms with Crippen LogP contribution in [0, 0.1) is 23.2 Å². The van der Waals surface area contributed by atoms with E-state index >= 15 is 0 Å². The zero-order valence-corrected chi connectivity index (χ0v) is 12.5. The summed E-state index contributed by atoms with van der Waals surface area (Å²) in [5.41, 5.74) is 0.0279. The molecule has 0 aromatic heterocycles. The van der Waals surface area contributed by atoms with E-state index < -0.39 is 0 Å². The maximum atomic E-state index is 12.8. The minimum atomic E-state index is 0. The summed E-state index contributed by atoms with van der Waals surface area (Å²) in [6.07, 6.45) is 7.66. The number of hydrogen-bond donors (Lipinski definition) is 2. The average Bonchev–Trinajstić information content (AvgIpc) is 2.33. The molecule has 3 N–H and O–H groups in total. The first kappa shape index (κ1) is 15.3. The molecule has 4 aliphatic carbocycles. The Kier molecular flexibility index (Phi) is 4.59. The summed E-state index contributed by atoms with van der Waals surface area (Å²) < 4.78 is 0. The lowest BCUT2D eigenvalue weighted by Crippen LogP contribution is -3.00. The summed E-state index contributed by atoms with van der Waals surface area (Å²) in [6.45, 7) is 2.84. The summed E-state index contributed by atoms with van der Waals surface area (Å²) in [7, 11) is 0. The van der Waals surface area contributed by atoms with Crippen molar-refractivity contribution in [3.05, 3.63) is 0 Å². The van der Waals surface area contributed by atoms with Gasteiger partial charge in [-0.3, -0.25) is 4.79 Å². The van der Waals surface area contributed by atoms with Crippen molar-refractivity contribution in [1.29, 1.82) is 0 Å². The number of halogens is 1. The van der Waals surface area contributed by atoms with Crippen LogP contribution < -0.4 is 17.7 Å². The lowest BCUT2D eigenvalue weighted by atomic mass is 9.48. The predicted octanol–water partition coefficient (Wildman–Crippen LogP) is -2.28. The largest absolute Gasteiger partial charge is 1.00 e. The van der Waals surface area contributed by atoms with Crippen LogP contribution in [0.2, 0.25) is 0 Å². The second kappa shape index (κ2) is 5.71. The molecule has 4 rings (SSSR count). The number of nitrogens with two attached hydrogens (primary N) is 1. The first-order valence-corrected chi connectivity index (χ1v) is 7.61. The summed E-state index contributed by atoms with van der Waals surface area (Å²) in [5, 5.41) is 10.9. The van der Waals surface area contributed by atoms with Crippen LogP contribution in [0.1, 0.15) is 45.4 Å². The fourth-order valence-corrected chi connectivity index (χ4v) is 5.33. The van der Waals surface area contributed by atoms with Crippen LogP contribution in [0.4, 0.5) is 0 Å². The number of ketones is 1. The third kappa shape index (κ3) is 2.70. The van der Waals surface area contributed by atoms with E-state index in [1.807, 2.05) is 12.2 Å². The van der Waals surface area contributed by atoms with Crippen molar-refractivity contribution in [1.82, 2.24) is 0 Å². The molecule has 110 valence electrons. The third-order valence-corrected chi connectivity index (χ3v) is 5.62. The molecule has 3 nitrogen and oxygen atoms in total. The maximum absolute atomic E-state index is 12.8. The van der Waals surface area contributed by atoms with E-state index in [1.165, 1.54) is 19.3 Å². The molecule has 0 radical (unpaired) electrons. The summed E-state index contributed by atoms with van der Waals surface area (Å²) in [6, 6.07) is 0.0356. The SMILES string of the molecule is CC([NH2+]CCO)C(=O)C12CC3CC(CC(C3)C1)C2.[Cl-]. The highest BCUT2D eigenvalue weighted by molar-refractivity contribution is 5.88. The van der Waals surface area contributed by atoms with Gasteiger partial charge in [-0.1, -0.05) is 0 Å². The fourth-order valence-electron chi connectivity index (χ4n) is 5.33. The van der Waals surface area contributed by atoms with E-state index in [-0.39, 0.29) is 30.5 Å². The molecule has 1 atom stereocenters. The fraction of sp³-hybridized carbons (Fsp3) is 0.933. The zero-order valence-electron chi connectivity index (χ0n) is 11.8. The number of aliphatic hydroxyl groups excluding tert-OH is 1. The van der Waals surface area contributed by atoms with E-state index in [4.69, 9.17) is 5.11 Å². The Bertz CT molecular complexity index is 310. The number of aliphatic hydroxyl groups is 1. The van der Waals surface area contributed by atoms with Crippen molar-refractivity contribution in [3.63, 3.8) is 0 Å². The quantitative estimate of drug-likeness (QED) is 0.599. The van der Waals surface area contributed by atoms with E-state index in [9.17, 15) is 4.79 Å². The number of carbonyl (C=O) groups excluding carboxylic acids is 1. The van der Waals surface area contributed by atoms with Crippen molar-refractivity contribution in [2.75, 3.05) is 13.2 Å². The van der Waals surface area contributed by atoms with Gasteiger partial charge in [0.05, 0.1) is 13.2 Å². The number of carbonyl (C=O) groups is 1. The molecule has 0 aromatic rings. The molecule has 19 heavy (non-hydrogen) atoms. The second-order valence-electron chi connectivity index (χ2n) is 7.10. The highest BCUT2D eigenvalue weighted by atomic mass is 35.5. The lowest BCUT2D eigenvalue weighted by molar-refractivity contribution is -0.675. The number of rotatable bonds is 5. The smallest absolute Gasteiger partial charge is 0.195 e.